The molecule has 2 rings (SSSR count). The fourth-order valence-corrected chi connectivity index (χ4v) is 3.10. The van der Waals surface area contributed by atoms with E-state index in [9.17, 15) is 13.2 Å². The molecule has 1 aromatic heterocycles. The molecule has 0 bridgehead atoms. The third kappa shape index (κ3) is 5.24. The monoisotopic (exact) mass is 363 g/mol. The number of aromatic nitrogens is 1. The van der Waals surface area contributed by atoms with Crippen molar-refractivity contribution in [3.05, 3.63) is 36.5 Å². The Morgan fingerprint density at radius 3 is 2.60 bits per heavy atom. The van der Waals surface area contributed by atoms with Crippen LogP contribution in [0.3, 0.4) is 0 Å². The van der Waals surface area contributed by atoms with Crippen LogP contribution in [-0.2, 0) is 14.8 Å². The molecule has 1 heterocycles. The van der Waals surface area contributed by atoms with Gasteiger partial charge in [-0.1, -0.05) is 6.07 Å². The lowest BCUT2D eigenvalue weighted by Gasteiger charge is -2.19. The van der Waals surface area contributed by atoms with E-state index in [0.29, 0.717) is 25.8 Å². The molecule has 6 nitrogen and oxygen atoms in total. The predicted octanol–water partition coefficient (Wildman–Crippen LogP) is 3.06. The molecule has 7 heteroatoms. The maximum atomic E-state index is 12.1. The second-order valence-corrected chi connectivity index (χ2v) is 9.41. The van der Waals surface area contributed by atoms with Gasteiger partial charge < -0.3 is 5.32 Å². The quantitative estimate of drug-likeness (QED) is 0.740. The van der Waals surface area contributed by atoms with Crippen LogP contribution in [0.15, 0.2) is 36.5 Å². The van der Waals surface area contributed by atoms with Crippen LogP contribution < -0.4 is 10.0 Å². The van der Waals surface area contributed by atoms with Gasteiger partial charge in [-0.3, -0.25) is 9.78 Å². The molecule has 2 N–H and O–H groups in total. The van der Waals surface area contributed by atoms with Crippen molar-refractivity contribution in [3.63, 3.8) is 0 Å². The number of anilines is 1. The highest BCUT2D eigenvalue weighted by Crippen LogP contribution is 2.21. The number of rotatable bonds is 7. The molecule has 0 fully saturated rings. The van der Waals surface area contributed by atoms with Crippen molar-refractivity contribution < 1.29 is 13.2 Å². The summed E-state index contributed by atoms with van der Waals surface area (Å²) in [6.45, 7) is 5.30. The first-order chi connectivity index (χ1) is 11.7. The van der Waals surface area contributed by atoms with Gasteiger partial charge in [0.15, 0.2) is 0 Å². The van der Waals surface area contributed by atoms with Gasteiger partial charge in [-0.2, -0.15) is 0 Å². The number of benzene rings is 1. The molecule has 0 spiro atoms. The summed E-state index contributed by atoms with van der Waals surface area (Å²) in [5.74, 6) is -0.0879. The van der Waals surface area contributed by atoms with Gasteiger partial charge in [0.05, 0.1) is 16.0 Å². The number of nitrogens with one attached hydrogen (secondary N) is 2. The van der Waals surface area contributed by atoms with Gasteiger partial charge in [0, 0.05) is 24.5 Å². The lowest BCUT2D eigenvalue weighted by Crippen LogP contribution is -2.39. The summed E-state index contributed by atoms with van der Waals surface area (Å²) in [6, 6.07) is 9.34. The van der Waals surface area contributed by atoms with Crippen LogP contribution >= 0.6 is 0 Å². The lowest BCUT2D eigenvalue weighted by molar-refractivity contribution is -0.116. The third-order valence-corrected chi connectivity index (χ3v) is 6.05. The molecule has 1 aromatic carbocycles. The molecule has 0 radical (unpaired) electrons. The maximum Gasteiger partial charge on any atom is 0.224 e. The minimum atomic E-state index is -3.33. The largest absolute Gasteiger partial charge is 0.325 e. The van der Waals surface area contributed by atoms with E-state index >= 15 is 0 Å². The molecule has 0 aliphatic rings. The van der Waals surface area contributed by atoms with E-state index in [0.717, 1.165) is 16.6 Å². The molecule has 1 amide bonds. The van der Waals surface area contributed by atoms with Crippen molar-refractivity contribution in [2.45, 2.75) is 44.8 Å². The number of carbonyl (C=O) groups is 1. The van der Waals surface area contributed by atoms with Crippen LogP contribution in [0.5, 0.6) is 0 Å². The summed E-state index contributed by atoms with van der Waals surface area (Å²) >= 11 is 0. The molecule has 0 aliphatic heterocycles. The van der Waals surface area contributed by atoms with Crippen LogP contribution in [0.25, 0.3) is 10.9 Å². The fraction of sp³-hybridized carbons (Fsp3) is 0.444. The number of sulfonamides is 1. The minimum absolute atomic E-state index is 0.0879. The summed E-state index contributed by atoms with van der Waals surface area (Å²) in [4.78, 5) is 16.4. The van der Waals surface area contributed by atoms with E-state index in [1.165, 1.54) is 0 Å². The number of nitrogens with zero attached hydrogens (tertiary/aromatic N) is 1. The molecule has 0 atom stereocenters. The number of carbonyl (C=O) groups excluding carboxylic acids is 1. The lowest BCUT2D eigenvalue weighted by atomic mass is 10.1. The van der Waals surface area contributed by atoms with Crippen LogP contribution in [-0.4, -0.2) is 30.6 Å². The van der Waals surface area contributed by atoms with E-state index in [2.05, 4.69) is 15.0 Å². The van der Waals surface area contributed by atoms with Gasteiger partial charge in [0.25, 0.3) is 0 Å². The van der Waals surface area contributed by atoms with Crippen molar-refractivity contribution >= 4 is 32.5 Å². The Kier molecular flexibility index (Phi) is 6.13. The third-order valence-electron chi connectivity index (χ3n) is 3.85. The van der Waals surface area contributed by atoms with Gasteiger partial charge >= 0.3 is 0 Å². The first-order valence-electron chi connectivity index (χ1n) is 8.33. The zero-order valence-electron chi connectivity index (χ0n) is 14.9. The molecule has 0 saturated heterocycles. The molecule has 25 heavy (non-hydrogen) atoms. The second kappa shape index (κ2) is 7.93. The molecule has 2 aromatic rings. The SMILES string of the molecule is CC(C)(C)S(=O)(=O)NCCCCC(=O)Nc1cccc2ncccc12. The number of unbranched alkanes of at least 4 members (excludes halogenated alkanes) is 1. The van der Waals surface area contributed by atoms with Crippen molar-refractivity contribution in [2.75, 3.05) is 11.9 Å². The van der Waals surface area contributed by atoms with E-state index in [-0.39, 0.29) is 5.91 Å². The molecule has 136 valence electrons. The van der Waals surface area contributed by atoms with Crippen molar-refractivity contribution in [1.29, 1.82) is 0 Å². The fourth-order valence-electron chi connectivity index (χ4n) is 2.26. The zero-order valence-corrected chi connectivity index (χ0v) is 15.7. The Hall–Kier alpha value is -1.99. The number of amides is 1. The standard InChI is InChI=1S/C18H25N3O3S/c1-18(2,3)25(23,24)20-13-5-4-11-17(22)21-16-10-6-9-15-14(16)8-7-12-19-15/h6-10,12,20H,4-5,11,13H2,1-3H3,(H,21,22). The molecular weight excluding hydrogens is 338 g/mol. The van der Waals surface area contributed by atoms with Crippen molar-refractivity contribution in [1.82, 2.24) is 9.71 Å². The average Bonchev–Trinajstić information content (AvgIpc) is 2.54. The van der Waals surface area contributed by atoms with Crippen LogP contribution in [0.1, 0.15) is 40.0 Å². The highest BCUT2D eigenvalue weighted by atomic mass is 32.2. The highest BCUT2D eigenvalue weighted by molar-refractivity contribution is 7.90. The van der Waals surface area contributed by atoms with Gasteiger partial charge in [0.2, 0.25) is 15.9 Å². The van der Waals surface area contributed by atoms with E-state index in [1.807, 2.05) is 30.3 Å². The zero-order chi connectivity index (χ0) is 18.5. The maximum absolute atomic E-state index is 12.1. The number of fused-ring (bicyclic) bond motifs is 1. The normalized spacial score (nSPS) is 12.3. The summed E-state index contributed by atoms with van der Waals surface area (Å²) in [5, 5.41) is 3.80. The summed E-state index contributed by atoms with van der Waals surface area (Å²) in [6.07, 6.45) is 3.28. The first kappa shape index (κ1) is 19.3. The first-order valence-corrected chi connectivity index (χ1v) is 9.82. The topological polar surface area (TPSA) is 88.2 Å². The number of hydrogen-bond acceptors (Lipinski definition) is 4. The minimum Gasteiger partial charge on any atom is -0.325 e. The second-order valence-electron chi connectivity index (χ2n) is 6.89. The smallest absolute Gasteiger partial charge is 0.224 e. The molecule has 0 unspecified atom stereocenters. The molecular formula is C18H25N3O3S. The predicted molar refractivity (Wildman–Crippen MR) is 101 cm³/mol. The molecule has 0 aliphatic carbocycles. The number of hydrogen-bond donors (Lipinski definition) is 2. The van der Waals surface area contributed by atoms with E-state index in [1.54, 1.807) is 27.0 Å². The van der Waals surface area contributed by atoms with Gasteiger partial charge in [-0.15, -0.1) is 0 Å². The summed E-state index contributed by atoms with van der Waals surface area (Å²) < 4.78 is 25.6. The van der Waals surface area contributed by atoms with Crippen LogP contribution in [0.2, 0.25) is 0 Å². The van der Waals surface area contributed by atoms with Crippen molar-refractivity contribution in [2.24, 2.45) is 0 Å². The Morgan fingerprint density at radius 2 is 1.88 bits per heavy atom. The van der Waals surface area contributed by atoms with Crippen LogP contribution in [0, 0.1) is 0 Å². The van der Waals surface area contributed by atoms with E-state index < -0.39 is 14.8 Å². The van der Waals surface area contributed by atoms with E-state index in [4.69, 9.17) is 0 Å². The van der Waals surface area contributed by atoms with Gasteiger partial charge in [-0.05, 0) is 57.9 Å². The van der Waals surface area contributed by atoms with Gasteiger partial charge in [-0.25, -0.2) is 13.1 Å². The van der Waals surface area contributed by atoms with Gasteiger partial charge in [0.1, 0.15) is 0 Å². The Morgan fingerprint density at radius 1 is 1.12 bits per heavy atom. The van der Waals surface area contributed by atoms with Crippen LogP contribution in [0.4, 0.5) is 5.69 Å². The molecule has 0 saturated carbocycles. The van der Waals surface area contributed by atoms with Crippen molar-refractivity contribution in [3.8, 4) is 0 Å². The number of pyridine rings is 1. The Bertz CT molecular complexity index is 837. The summed E-state index contributed by atoms with van der Waals surface area (Å²) in [7, 11) is -3.33. The average molecular weight is 363 g/mol. The summed E-state index contributed by atoms with van der Waals surface area (Å²) in [5.41, 5.74) is 1.57. The highest BCUT2D eigenvalue weighted by Gasteiger charge is 2.27. The Labute approximate surface area is 149 Å². The Balaban J connectivity index is 1.80.